The van der Waals surface area contributed by atoms with Crippen molar-refractivity contribution >= 4 is 39.1 Å². The summed E-state index contributed by atoms with van der Waals surface area (Å²) in [6.07, 6.45) is 3.18. The second-order valence-electron chi connectivity index (χ2n) is 4.62. The molecule has 4 heteroatoms. The summed E-state index contributed by atoms with van der Waals surface area (Å²) in [6, 6.07) is 5.82. The lowest BCUT2D eigenvalue weighted by Gasteiger charge is -2.01. The second-order valence-corrected chi connectivity index (χ2v) is 5.01. The lowest BCUT2D eigenvalue weighted by Crippen LogP contribution is -1.90. The summed E-state index contributed by atoms with van der Waals surface area (Å²) in [4.78, 5) is 19.3. The van der Waals surface area contributed by atoms with E-state index in [9.17, 15) is 4.79 Å². The zero-order valence-electron chi connectivity index (χ0n) is 9.46. The number of pyridine rings is 1. The first kappa shape index (κ1) is 10.1. The fraction of sp³-hybridized carbons (Fsp3) is 0.143. The van der Waals surface area contributed by atoms with Crippen LogP contribution in [0, 0.1) is 0 Å². The van der Waals surface area contributed by atoms with Gasteiger partial charge in [0.25, 0.3) is 0 Å². The first-order valence-electron chi connectivity index (χ1n) is 5.86. The van der Waals surface area contributed by atoms with Crippen molar-refractivity contribution < 1.29 is 4.79 Å². The zero-order valence-corrected chi connectivity index (χ0v) is 10.2. The molecule has 0 spiro atoms. The Balaban J connectivity index is 2.21. The number of ketones is 1. The maximum Gasteiger partial charge on any atom is 0.165 e. The monoisotopic (exact) mass is 256 g/mol. The van der Waals surface area contributed by atoms with Crippen molar-refractivity contribution in [3.8, 4) is 0 Å². The molecule has 0 unspecified atom stereocenters. The molecule has 2 heterocycles. The number of hydrogen-bond acceptors (Lipinski definition) is 2. The van der Waals surface area contributed by atoms with E-state index in [-0.39, 0.29) is 5.78 Å². The molecule has 1 aliphatic rings. The lowest BCUT2D eigenvalue weighted by molar-refractivity contribution is 0.0996. The maximum absolute atomic E-state index is 11.9. The fourth-order valence-corrected chi connectivity index (χ4v) is 2.94. The lowest BCUT2D eigenvalue weighted by atomic mass is 10.1. The van der Waals surface area contributed by atoms with Crippen LogP contribution in [-0.4, -0.2) is 15.8 Å². The van der Waals surface area contributed by atoms with Gasteiger partial charge in [0.15, 0.2) is 5.78 Å². The summed E-state index contributed by atoms with van der Waals surface area (Å²) in [5.74, 6) is 0.232. The van der Waals surface area contributed by atoms with Gasteiger partial charge >= 0.3 is 0 Å². The van der Waals surface area contributed by atoms with Gasteiger partial charge in [0.1, 0.15) is 5.15 Å². The molecule has 4 rings (SSSR count). The van der Waals surface area contributed by atoms with E-state index in [4.69, 9.17) is 11.6 Å². The molecule has 0 bridgehead atoms. The van der Waals surface area contributed by atoms with Crippen LogP contribution < -0.4 is 0 Å². The van der Waals surface area contributed by atoms with Crippen LogP contribution in [0.15, 0.2) is 24.4 Å². The van der Waals surface area contributed by atoms with E-state index in [2.05, 4.69) is 9.97 Å². The number of aromatic amines is 1. The quantitative estimate of drug-likeness (QED) is 0.626. The summed E-state index contributed by atoms with van der Waals surface area (Å²) in [6.45, 7) is 0. The Morgan fingerprint density at radius 1 is 1.22 bits per heavy atom. The first-order valence-corrected chi connectivity index (χ1v) is 6.24. The summed E-state index contributed by atoms with van der Waals surface area (Å²) in [5.41, 5.74) is 2.91. The van der Waals surface area contributed by atoms with Crippen molar-refractivity contribution in [1.29, 1.82) is 0 Å². The highest BCUT2D eigenvalue weighted by Gasteiger charge is 2.25. The summed E-state index contributed by atoms with van der Waals surface area (Å²) in [5, 5.41) is 3.52. The minimum atomic E-state index is 0.232. The van der Waals surface area contributed by atoms with Gasteiger partial charge in [-0.1, -0.05) is 23.7 Å². The first-order chi connectivity index (χ1) is 8.74. The van der Waals surface area contributed by atoms with E-state index >= 15 is 0 Å². The standard InChI is InChI=1S/C14H9ClN2O/c15-12-5-9-7(6-16-12)1-2-8-13-10(17-14(8)9)3-4-11(13)18/h1-2,5-6,17H,3-4H2. The van der Waals surface area contributed by atoms with Crippen LogP contribution in [-0.2, 0) is 6.42 Å². The van der Waals surface area contributed by atoms with E-state index in [1.54, 1.807) is 6.20 Å². The number of carbonyl (C=O) groups excluding carboxylic acids is 1. The van der Waals surface area contributed by atoms with Crippen LogP contribution in [0.25, 0.3) is 21.7 Å². The minimum absolute atomic E-state index is 0.232. The van der Waals surface area contributed by atoms with E-state index in [0.29, 0.717) is 11.6 Å². The van der Waals surface area contributed by atoms with E-state index in [1.807, 2.05) is 18.2 Å². The van der Waals surface area contributed by atoms with Gasteiger partial charge in [-0.3, -0.25) is 4.79 Å². The number of H-pyrrole nitrogens is 1. The molecule has 1 aromatic carbocycles. The van der Waals surface area contributed by atoms with Crippen molar-refractivity contribution in [2.45, 2.75) is 12.8 Å². The van der Waals surface area contributed by atoms with Crippen LogP contribution in [0.5, 0.6) is 0 Å². The average molecular weight is 257 g/mol. The van der Waals surface area contributed by atoms with E-state index in [0.717, 1.165) is 39.4 Å². The molecular formula is C14H9ClN2O. The molecule has 0 saturated heterocycles. The number of Topliss-reactive ketones (excluding diaryl/α,β-unsaturated/α-hetero) is 1. The Hall–Kier alpha value is -1.87. The maximum atomic E-state index is 11.9. The normalized spacial score (nSPS) is 14.6. The van der Waals surface area contributed by atoms with Crippen LogP contribution in [0.2, 0.25) is 5.15 Å². The summed E-state index contributed by atoms with van der Waals surface area (Å²) < 4.78 is 0. The van der Waals surface area contributed by atoms with Crippen LogP contribution in [0.3, 0.4) is 0 Å². The average Bonchev–Trinajstić information content (AvgIpc) is 2.90. The molecule has 1 aliphatic carbocycles. The smallest absolute Gasteiger partial charge is 0.165 e. The topological polar surface area (TPSA) is 45.8 Å². The van der Waals surface area contributed by atoms with Crippen LogP contribution in [0.4, 0.5) is 0 Å². The fourth-order valence-electron chi connectivity index (χ4n) is 2.78. The molecule has 0 amide bonds. The number of carbonyl (C=O) groups is 1. The van der Waals surface area contributed by atoms with Gasteiger partial charge in [-0.15, -0.1) is 0 Å². The number of benzene rings is 1. The highest BCUT2D eigenvalue weighted by Crippen LogP contribution is 2.34. The molecule has 0 radical (unpaired) electrons. The predicted molar refractivity (Wildman–Crippen MR) is 71.3 cm³/mol. The number of rotatable bonds is 0. The van der Waals surface area contributed by atoms with Gasteiger partial charge in [-0.2, -0.15) is 0 Å². The highest BCUT2D eigenvalue weighted by atomic mass is 35.5. The third-order valence-electron chi connectivity index (χ3n) is 3.60. The highest BCUT2D eigenvalue weighted by molar-refractivity contribution is 6.30. The number of nitrogens with zero attached hydrogens (tertiary/aromatic N) is 1. The Morgan fingerprint density at radius 2 is 2.11 bits per heavy atom. The molecule has 0 aliphatic heterocycles. The Kier molecular flexibility index (Phi) is 1.87. The SMILES string of the molecule is O=C1CCc2[nH]c3c(ccc4cnc(Cl)cc43)c21. The van der Waals surface area contributed by atoms with E-state index in [1.165, 1.54) is 0 Å². The Morgan fingerprint density at radius 3 is 3.00 bits per heavy atom. The summed E-state index contributed by atoms with van der Waals surface area (Å²) in [7, 11) is 0. The molecule has 3 nitrogen and oxygen atoms in total. The van der Waals surface area contributed by atoms with Gasteiger partial charge < -0.3 is 4.98 Å². The van der Waals surface area contributed by atoms with Gasteiger partial charge in [0, 0.05) is 40.0 Å². The summed E-state index contributed by atoms with van der Waals surface area (Å²) >= 11 is 5.95. The molecule has 2 aromatic heterocycles. The molecule has 3 aromatic rings. The molecule has 18 heavy (non-hydrogen) atoms. The molecule has 88 valence electrons. The number of nitrogens with one attached hydrogen (secondary N) is 1. The largest absolute Gasteiger partial charge is 0.357 e. The molecule has 0 atom stereocenters. The van der Waals surface area contributed by atoms with Gasteiger partial charge in [-0.25, -0.2) is 4.98 Å². The van der Waals surface area contributed by atoms with Crippen molar-refractivity contribution in [1.82, 2.24) is 9.97 Å². The number of halogens is 1. The number of aromatic nitrogens is 2. The number of aryl methyl sites for hydroxylation is 1. The van der Waals surface area contributed by atoms with Gasteiger partial charge in [0.2, 0.25) is 0 Å². The van der Waals surface area contributed by atoms with Gasteiger partial charge in [0.05, 0.1) is 5.52 Å². The predicted octanol–water partition coefficient (Wildman–Crippen LogP) is 3.50. The van der Waals surface area contributed by atoms with Gasteiger partial charge in [-0.05, 0) is 12.5 Å². The second kappa shape index (κ2) is 3.33. The zero-order chi connectivity index (χ0) is 12.3. The van der Waals surface area contributed by atoms with Crippen molar-refractivity contribution in [3.05, 3.63) is 40.8 Å². The molecule has 0 saturated carbocycles. The Labute approximate surface area is 108 Å². The van der Waals surface area contributed by atoms with Crippen molar-refractivity contribution in [3.63, 3.8) is 0 Å². The molecule has 0 fully saturated rings. The Bertz CT molecular complexity index is 819. The van der Waals surface area contributed by atoms with E-state index < -0.39 is 0 Å². The third-order valence-corrected chi connectivity index (χ3v) is 3.80. The molecular weight excluding hydrogens is 248 g/mol. The third kappa shape index (κ3) is 1.20. The molecule has 1 N–H and O–H groups in total. The van der Waals surface area contributed by atoms with Crippen LogP contribution in [0.1, 0.15) is 22.5 Å². The van der Waals surface area contributed by atoms with Crippen molar-refractivity contribution in [2.75, 3.05) is 0 Å². The van der Waals surface area contributed by atoms with Crippen molar-refractivity contribution in [2.24, 2.45) is 0 Å². The van der Waals surface area contributed by atoms with Crippen LogP contribution >= 0.6 is 11.6 Å². The minimum Gasteiger partial charge on any atom is -0.357 e. The number of hydrogen-bond donors (Lipinski definition) is 1. The number of fused-ring (bicyclic) bond motifs is 5.